The van der Waals surface area contributed by atoms with Crippen LogP contribution < -0.4 is 10.9 Å². The monoisotopic (exact) mass is 354 g/mol. The van der Waals surface area contributed by atoms with Gasteiger partial charge in [0.2, 0.25) is 0 Å². The predicted molar refractivity (Wildman–Crippen MR) is 97.3 cm³/mol. The molecule has 1 aliphatic carbocycles. The number of hydrogen-bond donors (Lipinski definition) is 3. The summed E-state index contributed by atoms with van der Waals surface area (Å²) in [5.41, 5.74) is 3.12. The van der Waals surface area contributed by atoms with E-state index in [1.165, 1.54) is 0 Å². The number of pyridine rings is 1. The van der Waals surface area contributed by atoms with Gasteiger partial charge in [0.25, 0.3) is 11.5 Å². The van der Waals surface area contributed by atoms with E-state index in [9.17, 15) is 19.5 Å². The third kappa shape index (κ3) is 3.85. The molecule has 6 nitrogen and oxygen atoms in total. The summed E-state index contributed by atoms with van der Waals surface area (Å²) in [6.45, 7) is 1.86. The van der Waals surface area contributed by atoms with Gasteiger partial charge in [0.05, 0.1) is 12.5 Å². The van der Waals surface area contributed by atoms with Crippen LogP contribution >= 0.6 is 0 Å². The molecule has 6 heteroatoms. The minimum atomic E-state index is -1.02. The lowest BCUT2D eigenvalue weighted by atomic mass is 9.94. The topological polar surface area (TPSA) is 99.3 Å². The van der Waals surface area contributed by atoms with Crippen molar-refractivity contribution in [2.45, 2.75) is 45.1 Å². The highest BCUT2D eigenvalue weighted by Crippen LogP contribution is 2.22. The average Bonchev–Trinajstić information content (AvgIpc) is 2.60. The summed E-state index contributed by atoms with van der Waals surface area (Å²) >= 11 is 0. The van der Waals surface area contributed by atoms with Crippen molar-refractivity contribution >= 4 is 11.9 Å². The van der Waals surface area contributed by atoms with Crippen molar-refractivity contribution in [3.63, 3.8) is 0 Å². The van der Waals surface area contributed by atoms with Crippen LogP contribution in [0.4, 0.5) is 0 Å². The van der Waals surface area contributed by atoms with E-state index in [0.717, 1.165) is 48.1 Å². The molecule has 1 aromatic carbocycles. The predicted octanol–water partition coefficient (Wildman–Crippen LogP) is 2.51. The maximum Gasteiger partial charge on any atom is 0.305 e. The Labute approximate surface area is 151 Å². The molecule has 0 spiro atoms. The van der Waals surface area contributed by atoms with E-state index in [-0.39, 0.29) is 12.0 Å². The molecule has 1 atom stereocenters. The molecular formula is C20H22N2O4. The Morgan fingerprint density at radius 3 is 2.69 bits per heavy atom. The molecule has 0 saturated carbocycles. The van der Waals surface area contributed by atoms with Crippen LogP contribution in [-0.2, 0) is 17.6 Å². The molecule has 0 radical (unpaired) electrons. The van der Waals surface area contributed by atoms with Crippen molar-refractivity contribution in [1.29, 1.82) is 0 Å². The van der Waals surface area contributed by atoms with Gasteiger partial charge in [-0.05, 0) is 55.4 Å². The number of carbonyl (C=O) groups excluding carboxylic acids is 1. The Morgan fingerprint density at radius 2 is 1.96 bits per heavy atom. The molecule has 3 rings (SSSR count). The largest absolute Gasteiger partial charge is 0.481 e. The summed E-state index contributed by atoms with van der Waals surface area (Å²) in [6.07, 6.45) is 3.47. The van der Waals surface area contributed by atoms with Crippen LogP contribution in [0.15, 0.2) is 35.1 Å². The molecular weight excluding hydrogens is 332 g/mol. The number of benzene rings is 1. The van der Waals surface area contributed by atoms with E-state index in [2.05, 4.69) is 10.3 Å². The first-order chi connectivity index (χ1) is 12.5. The fourth-order valence-corrected chi connectivity index (χ4v) is 3.47. The zero-order chi connectivity index (χ0) is 18.7. The quantitative estimate of drug-likeness (QED) is 0.768. The normalized spacial score (nSPS) is 14.3. The second-order valence-electron chi connectivity index (χ2n) is 6.70. The number of nitrogens with one attached hydrogen (secondary N) is 2. The number of aryl methyl sites for hydroxylation is 3. The van der Waals surface area contributed by atoms with Gasteiger partial charge in [0, 0.05) is 5.69 Å². The summed E-state index contributed by atoms with van der Waals surface area (Å²) < 4.78 is 0. The number of H-pyrrole nitrogens is 1. The Hall–Kier alpha value is -2.89. The van der Waals surface area contributed by atoms with Crippen LogP contribution in [0.3, 0.4) is 0 Å². The molecule has 1 aliphatic rings. The number of carboxylic acids is 1. The summed E-state index contributed by atoms with van der Waals surface area (Å²) in [7, 11) is 0. The first-order valence-corrected chi connectivity index (χ1v) is 8.79. The number of aliphatic carboxylic acids is 1. The van der Waals surface area contributed by atoms with Crippen molar-refractivity contribution in [2.24, 2.45) is 0 Å². The van der Waals surface area contributed by atoms with Gasteiger partial charge in [-0.2, -0.15) is 0 Å². The number of amides is 1. The molecule has 3 N–H and O–H groups in total. The van der Waals surface area contributed by atoms with Crippen LogP contribution in [0.1, 0.15) is 58.0 Å². The van der Waals surface area contributed by atoms with E-state index in [4.69, 9.17) is 0 Å². The van der Waals surface area contributed by atoms with Crippen LogP contribution in [0.2, 0.25) is 0 Å². The second kappa shape index (κ2) is 7.56. The van der Waals surface area contributed by atoms with Gasteiger partial charge in [-0.25, -0.2) is 0 Å². The number of hydrogen-bond acceptors (Lipinski definition) is 3. The molecule has 2 aromatic rings. The zero-order valence-corrected chi connectivity index (χ0v) is 14.7. The molecule has 1 aromatic heterocycles. The second-order valence-corrected chi connectivity index (χ2v) is 6.70. The van der Waals surface area contributed by atoms with E-state index < -0.39 is 23.5 Å². The fraction of sp³-hybridized carbons (Fsp3) is 0.350. The highest BCUT2D eigenvalue weighted by Gasteiger charge is 2.23. The Kier molecular flexibility index (Phi) is 5.21. The standard InChI is InChI=1S/C20H22N2O4/c1-12-6-2-4-8-14(12)17(11-18(23)24)22-20(26)15-10-13-7-3-5-9-16(13)21-19(15)25/h2,4,6,8,10,17H,3,5,7,9,11H2,1H3,(H,21,25)(H,22,26)(H,23,24). The van der Waals surface area contributed by atoms with Crippen LogP contribution in [0, 0.1) is 6.92 Å². The van der Waals surface area contributed by atoms with E-state index in [1.54, 1.807) is 18.2 Å². The number of aromatic amines is 1. The number of aromatic nitrogens is 1. The summed E-state index contributed by atoms with van der Waals surface area (Å²) in [4.78, 5) is 39.1. The van der Waals surface area contributed by atoms with Crippen molar-refractivity contribution in [3.05, 3.63) is 68.6 Å². The Morgan fingerprint density at radius 1 is 1.23 bits per heavy atom. The van der Waals surface area contributed by atoms with Crippen LogP contribution in [-0.4, -0.2) is 22.0 Å². The minimum Gasteiger partial charge on any atom is -0.481 e. The van der Waals surface area contributed by atoms with Crippen molar-refractivity contribution in [2.75, 3.05) is 0 Å². The molecule has 0 fully saturated rings. The van der Waals surface area contributed by atoms with Crippen molar-refractivity contribution < 1.29 is 14.7 Å². The van der Waals surface area contributed by atoms with Crippen LogP contribution in [0.25, 0.3) is 0 Å². The number of carboxylic acid groups (broad SMARTS) is 1. The first-order valence-electron chi connectivity index (χ1n) is 8.79. The molecule has 1 unspecified atom stereocenters. The molecule has 0 bridgehead atoms. The molecule has 136 valence electrons. The molecule has 1 heterocycles. The van der Waals surface area contributed by atoms with Crippen LogP contribution in [0.5, 0.6) is 0 Å². The van der Waals surface area contributed by atoms with E-state index in [0.29, 0.717) is 0 Å². The third-order valence-electron chi connectivity index (χ3n) is 4.83. The lowest BCUT2D eigenvalue weighted by molar-refractivity contribution is -0.137. The number of carbonyl (C=O) groups is 2. The molecule has 1 amide bonds. The molecule has 0 aliphatic heterocycles. The fourth-order valence-electron chi connectivity index (χ4n) is 3.47. The van der Waals surface area contributed by atoms with Gasteiger partial charge in [-0.1, -0.05) is 24.3 Å². The Balaban J connectivity index is 1.90. The number of rotatable bonds is 5. The molecule has 0 saturated heterocycles. The van der Waals surface area contributed by atoms with Gasteiger partial charge < -0.3 is 15.4 Å². The van der Waals surface area contributed by atoms with Gasteiger partial charge in [0.15, 0.2) is 0 Å². The molecule has 26 heavy (non-hydrogen) atoms. The smallest absolute Gasteiger partial charge is 0.305 e. The summed E-state index contributed by atoms with van der Waals surface area (Å²) in [6, 6.07) is 8.26. The van der Waals surface area contributed by atoms with Gasteiger partial charge in [-0.3, -0.25) is 14.4 Å². The van der Waals surface area contributed by atoms with E-state index in [1.807, 2.05) is 19.1 Å². The highest BCUT2D eigenvalue weighted by molar-refractivity contribution is 5.94. The SMILES string of the molecule is Cc1ccccc1C(CC(=O)O)NC(=O)c1cc2c([nH]c1=O)CCCC2. The van der Waals surface area contributed by atoms with Gasteiger partial charge in [0.1, 0.15) is 5.56 Å². The van der Waals surface area contributed by atoms with Crippen molar-refractivity contribution in [3.8, 4) is 0 Å². The maximum atomic E-state index is 12.7. The Bertz CT molecular complexity index is 901. The minimum absolute atomic E-state index is 0.0367. The highest BCUT2D eigenvalue weighted by atomic mass is 16.4. The van der Waals surface area contributed by atoms with E-state index >= 15 is 0 Å². The summed E-state index contributed by atoms with van der Waals surface area (Å²) in [5.74, 6) is -1.56. The first kappa shape index (κ1) is 17.9. The third-order valence-corrected chi connectivity index (χ3v) is 4.83. The summed E-state index contributed by atoms with van der Waals surface area (Å²) in [5, 5.41) is 11.9. The lowest BCUT2D eigenvalue weighted by Gasteiger charge is -2.20. The average molecular weight is 354 g/mol. The maximum absolute atomic E-state index is 12.7. The lowest BCUT2D eigenvalue weighted by Crippen LogP contribution is -2.35. The number of fused-ring (bicyclic) bond motifs is 1. The zero-order valence-electron chi connectivity index (χ0n) is 14.7. The van der Waals surface area contributed by atoms with Gasteiger partial charge >= 0.3 is 5.97 Å². The van der Waals surface area contributed by atoms with Gasteiger partial charge in [-0.15, -0.1) is 0 Å². The van der Waals surface area contributed by atoms with Crippen molar-refractivity contribution in [1.82, 2.24) is 10.3 Å².